The summed E-state index contributed by atoms with van der Waals surface area (Å²) in [5.41, 5.74) is 1.08. The van der Waals surface area contributed by atoms with Gasteiger partial charge in [-0.25, -0.2) is 4.39 Å². The predicted octanol–water partition coefficient (Wildman–Crippen LogP) is 2.79. The van der Waals surface area contributed by atoms with E-state index in [1.54, 1.807) is 19.2 Å². The Labute approximate surface area is 136 Å². The molecule has 2 fully saturated rings. The molecule has 1 saturated carbocycles. The third-order valence-electron chi connectivity index (χ3n) is 5.40. The molecule has 0 aromatic heterocycles. The zero-order valence-electron chi connectivity index (χ0n) is 13.8. The van der Waals surface area contributed by atoms with Crippen molar-refractivity contribution in [2.24, 2.45) is 5.41 Å². The fraction of sp³-hybridized carbons (Fsp3) is 0.611. The van der Waals surface area contributed by atoms with E-state index in [0.717, 1.165) is 38.8 Å². The van der Waals surface area contributed by atoms with Gasteiger partial charge in [-0.2, -0.15) is 0 Å². The molecule has 1 saturated heterocycles. The van der Waals surface area contributed by atoms with Crippen LogP contribution in [0.15, 0.2) is 18.2 Å². The van der Waals surface area contributed by atoms with Crippen molar-refractivity contribution in [3.8, 4) is 5.75 Å². The molecular formula is C18H24FNO3. The quantitative estimate of drug-likeness (QED) is 0.856. The van der Waals surface area contributed by atoms with Crippen molar-refractivity contribution >= 4 is 5.91 Å². The van der Waals surface area contributed by atoms with Crippen LogP contribution < -0.4 is 4.74 Å². The van der Waals surface area contributed by atoms with Crippen LogP contribution in [0.4, 0.5) is 4.39 Å². The Bertz CT molecular complexity index is 574. The molecule has 1 aliphatic heterocycles. The maximum atomic E-state index is 13.7. The number of nitrogens with zero attached hydrogens (tertiary/aromatic N) is 1. The van der Waals surface area contributed by atoms with Crippen molar-refractivity contribution in [3.63, 3.8) is 0 Å². The molecule has 1 spiro atoms. The summed E-state index contributed by atoms with van der Waals surface area (Å²) in [6, 6.07) is 4.71. The van der Waals surface area contributed by atoms with Crippen LogP contribution in [0, 0.1) is 11.2 Å². The number of benzene rings is 1. The second-order valence-corrected chi connectivity index (χ2v) is 6.79. The van der Waals surface area contributed by atoms with Crippen LogP contribution in [-0.2, 0) is 16.0 Å². The van der Waals surface area contributed by atoms with Gasteiger partial charge in [-0.15, -0.1) is 0 Å². The van der Waals surface area contributed by atoms with Gasteiger partial charge >= 0.3 is 0 Å². The summed E-state index contributed by atoms with van der Waals surface area (Å²) >= 11 is 0. The van der Waals surface area contributed by atoms with E-state index < -0.39 is 5.82 Å². The third-order valence-corrected chi connectivity index (χ3v) is 5.40. The highest BCUT2D eigenvalue weighted by molar-refractivity contribution is 5.79. The Kier molecular flexibility index (Phi) is 4.57. The minimum absolute atomic E-state index is 0.0760. The summed E-state index contributed by atoms with van der Waals surface area (Å²) in [5.74, 6) is -0.138. The first-order valence-electron chi connectivity index (χ1n) is 8.18. The number of amides is 1. The van der Waals surface area contributed by atoms with E-state index in [1.807, 2.05) is 4.90 Å². The maximum absolute atomic E-state index is 13.7. The maximum Gasteiger partial charge on any atom is 0.226 e. The number of carbonyl (C=O) groups excluding carboxylic acids is 1. The largest absolute Gasteiger partial charge is 0.494 e. The number of halogens is 1. The molecule has 0 radical (unpaired) electrons. The Morgan fingerprint density at radius 3 is 2.57 bits per heavy atom. The first kappa shape index (κ1) is 16.2. The van der Waals surface area contributed by atoms with E-state index in [1.165, 1.54) is 13.2 Å². The van der Waals surface area contributed by atoms with Gasteiger partial charge in [0.1, 0.15) is 0 Å². The van der Waals surface area contributed by atoms with Crippen molar-refractivity contribution in [2.45, 2.75) is 38.2 Å². The number of hydrogen-bond acceptors (Lipinski definition) is 3. The highest BCUT2D eigenvalue weighted by atomic mass is 19.1. The molecule has 23 heavy (non-hydrogen) atoms. The lowest BCUT2D eigenvalue weighted by atomic mass is 9.61. The SMILES string of the molecule is COc1ccc(CC(=O)N2CCC3(CC2)CC(OC)C3)cc1F. The van der Waals surface area contributed by atoms with Gasteiger partial charge in [0.05, 0.1) is 19.6 Å². The van der Waals surface area contributed by atoms with Gasteiger partial charge in [0, 0.05) is 20.2 Å². The van der Waals surface area contributed by atoms with Gasteiger partial charge in [-0.05, 0) is 48.8 Å². The van der Waals surface area contributed by atoms with E-state index in [4.69, 9.17) is 9.47 Å². The van der Waals surface area contributed by atoms with Crippen molar-refractivity contribution < 1.29 is 18.7 Å². The molecule has 3 rings (SSSR count). The molecule has 0 bridgehead atoms. The number of rotatable bonds is 4. The highest BCUT2D eigenvalue weighted by Gasteiger charge is 2.46. The fourth-order valence-corrected chi connectivity index (χ4v) is 3.82. The van der Waals surface area contributed by atoms with E-state index in [-0.39, 0.29) is 18.1 Å². The second kappa shape index (κ2) is 6.48. The Balaban J connectivity index is 1.53. The second-order valence-electron chi connectivity index (χ2n) is 6.79. The van der Waals surface area contributed by atoms with Crippen LogP contribution in [0.1, 0.15) is 31.2 Å². The Morgan fingerprint density at radius 2 is 2.00 bits per heavy atom. The van der Waals surface area contributed by atoms with E-state index in [9.17, 15) is 9.18 Å². The summed E-state index contributed by atoms with van der Waals surface area (Å²) in [5, 5.41) is 0. The van der Waals surface area contributed by atoms with Crippen LogP contribution in [0.3, 0.4) is 0 Å². The van der Waals surface area contributed by atoms with Crippen molar-refractivity contribution in [1.29, 1.82) is 0 Å². The zero-order valence-corrected chi connectivity index (χ0v) is 13.8. The molecule has 5 heteroatoms. The van der Waals surface area contributed by atoms with E-state index >= 15 is 0 Å². The van der Waals surface area contributed by atoms with Crippen LogP contribution in [0.25, 0.3) is 0 Å². The topological polar surface area (TPSA) is 38.8 Å². The van der Waals surface area contributed by atoms with Gasteiger partial charge in [-0.1, -0.05) is 6.07 Å². The molecule has 1 heterocycles. The van der Waals surface area contributed by atoms with Crippen LogP contribution in [0.2, 0.25) is 0 Å². The lowest BCUT2D eigenvalue weighted by Crippen LogP contribution is -2.51. The monoisotopic (exact) mass is 321 g/mol. The highest BCUT2D eigenvalue weighted by Crippen LogP contribution is 2.50. The molecule has 0 atom stereocenters. The van der Waals surface area contributed by atoms with Gasteiger partial charge < -0.3 is 14.4 Å². The molecular weight excluding hydrogens is 297 g/mol. The lowest BCUT2D eigenvalue weighted by Gasteiger charge is -2.51. The van der Waals surface area contributed by atoms with E-state index in [0.29, 0.717) is 17.1 Å². The predicted molar refractivity (Wildman–Crippen MR) is 84.9 cm³/mol. The molecule has 126 valence electrons. The number of carbonyl (C=O) groups is 1. The summed E-state index contributed by atoms with van der Waals surface area (Å²) < 4.78 is 24.0. The molecule has 1 aromatic rings. The van der Waals surface area contributed by atoms with Gasteiger partial charge in [0.25, 0.3) is 0 Å². The van der Waals surface area contributed by atoms with Gasteiger partial charge in [0.15, 0.2) is 11.6 Å². The van der Waals surface area contributed by atoms with Crippen molar-refractivity contribution in [3.05, 3.63) is 29.6 Å². The number of piperidine rings is 1. The first-order chi connectivity index (χ1) is 11.0. The summed E-state index contributed by atoms with van der Waals surface area (Å²) in [6.45, 7) is 1.60. The molecule has 1 amide bonds. The first-order valence-corrected chi connectivity index (χ1v) is 8.18. The van der Waals surface area contributed by atoms with Gasteiger partial charge in [0.2, 0.25) is 5.91 Å². The molecule has 0 N–H and O–H groups in total. The van der Waals surface area contributed by atoms with Crippen molar-refractivity contribution in [2.75, 3.05) is 27.3 Å². The number of likely N-dealkylation sites (tertiary alicyclic amines) is 1. The van der Waals surface area contributed by atoms with E-state index in [2.05, 4.69) is 0 Å². The van der Waals surface area contributed by atoms with Crippen LogP contribution in [0.5, 0.6) is 5.75 Å². The zero-order chi connectivity index (χ0) is 16.4. The number of methoxy groups -OCH3 is 2. The fourth-order valence-electron chi connectivity index (χ4n) is 3.82. The standard InChI is InChI=1S/C18H24FNO3/c1-22-14-11-18(12-14)5-7-20(8-6-18)17(21)10-13-3-4-16(23-2)15(19)9-13/h3-4,9,14H,5-8,10-12H2,1-2H3. The lowest BCUT2D eigenvalue weighted by molar-refractivity contribution is -0.137. The normalized spacial score (nSPS) is 20.4. The number of ether oxygens (including phenoxy) is 2. The minimum atomic E-state index is -0.421. The van der Waals surface area contributed by atoms with Crippen LogP contribution >= 0.6 is 0 Å². The van der Waals surface area contributed by atoms with Crippen molar-refractivity contribution in [1.82, 2.24) is 4.90 Å². The molecule has 2 aliphatic rings. The third kappa shape index (κ3) is 3.34. The summed E-state index contributed by atoms with van der Waals surface area (Å²) in [4.78, 5) is 14.3. The summed E-state index contributed by atoms with van der Waals surface area (Å²) in [6.07, 6.45) is 4.99. The average Bonchev–Trinajstić information content (AvgIpc) is 2.52. The summed E-state index contributed by atoms with van der Waals surface area (Å²) in [7, 11) is 3.20. The number of hydrogen-bond donors (Lipinski definition) is 0. The molecule has 1 aromatic carbocycles. The smallest absolute Gasteiger partial charge is 0.226 e. The van der Waals surface area contributed by atoms with Crippen LogP contribution in [-0.4, -0.2) is 44.2 Å². The Hall–Kier alpha value is -1.62. The molecule has 4 nitrogen and oxygen atoms in total. The molecule has 1 aliphatic carbocycles. The minimum Gasteiger partial charge on any atom is -0.494 e. The van der Waals surface area contributed by atoms with Gasteiger partial charge in [-0.3, -0.25) is 4.79 Å². The Morgan fingerprint density at radius 1 is 1.30 bits per heavy atom. The average molecular weight is 321 g/mol. The molecule has 0 unspecified atom stereocenters.